The van der Waals surface area contributed by atoms with Crippen LogP contribution in [0.4, 0.5) is 19.4 Å². The summed E-state index contributed by atoms with van der Waals surface area (Å²) < 4.78 is 40.5. The smallest absolute Gasteiger partial charge is 0.464 e. The number of aromatic nitrogens is 1. The summed E-state index contributed by atoms with van der Waals surface area (Å²) in [6, 6.07) is 4.98. The maximum Gasteiger partial charge on any atom is 0.586 e. The molecule has 3 unspecified atom stereocenters. The minimum Gasteiger partial charge on any atom is -0.464 e. The number of hydrogen-bond donors (Lipinski definition) is 2. The first-order valence-electron chi connectivity index (χ1n) is 11.0. The molecule has 0 spiro atoms. The van der Waals surface area contributed by atoms with Crippen LogP contribution in [-0.2, 0) is 20.7 Å². The number of ether oxygens (including phenoxy) is 3. The van der Waals surface area contributed by atoms with Gasteiger partial charge < -0.3 is 24.8 Å². The molecule has 35 heavy (non-hydrogen) atoms. The second-order valence-corrected chi connectivity index (χ2v) is 8.06. The van der Waals surface area contributed by atoms with Gasteiger partial charge in [-0.2, -0.15) is 0 Å². The first kappa shape index (κ1) is 24.2. The summed E-state index contributed by atoms with van der Waals surface area (Å²) in [6.07, 6.45) is -1.96. The Labute approximate surface area is 199 Å². The average Bonchev–Trinajstić information content (AvgIpc) is 3.13. The maximum absolute atomic E-state index is 13.3. The Balaban J connectivity index is 1.48. The number of pyridine rings is 1. The SMILES string of the molecule is CCOC(=O)C1C(Cc2ccnc(NC)c2)C(=O)N1C(=O)NC(C)c1ccc2c(c1)OC(F)(F)O2. The molecule has 1 fully saturated rings. The van der Waals surface area contributed by atoms with Crippen molar-refractivity contribution >= 4 is 23.7 Å². The zero-order valence-electron chi connectivity index (χ0n) is 19.2. The normalized spacial score (nSPS) is 20.6. The third-order valence-corrected chi connectivity index (χ3v) is 5.76. The van der Waals surface area contributed by atoms with Crippen LogP contribution >= 0.6 is 0 Å². The fourth-order valence-electron chi connectivity index (χ4n) is 4.04. The van der Waals surface area contributed by atoms with Gasteiger partial charge in [0, 0.05) is 13.2 Å². The van der Waals surface area contributed by atoms with Gasteiger partial charge in [-0.25, -0.2) is 19.5 Å². The van der Waals surface area contributed by atoms with Gasteiger partial charge in [-0.1, -0.05) is 6.07 Å². The molecule has 2 aliphatic rings. The van der Waals surface area contributed by atoms with Gasteiger partial charge in [0.2, 0.25) is 5.91 Å². The number of fused-ring (bicyclic) bond motifs is 1. The first-order valence-corrected chi connectivity index (χ1v) is 11.0. The molecule has 4 rings (SSSR count). The Hall–Kier alpha value is -3.96. The lowest BCUT2D eigenvalue weighted by Gasteiger charge is -2.44. The van der Waals surface area contributed by atoms with E-state index in [2.05, 4.69) is 25.1 Å². The van der Waals surface area contributed by atoms with Crippen molar-refractivity contribution in [3.8, 4) is 11.5 Å². The number of esters is 1. The second-order valence-electron chi connectivity index (χ2n) is 8.06. The van der Waals surface area contributed by atoms with Crippen LogP contribution < -0.4 is 20.1 Å². The number of hydrogen-bond acceptors (Lipinski definition) is 8. The van der Waals surface area contributed by atoms with Crippen LogP contribution in [0.1, 0.15) is 31.0 Å². The number of carbonyl (C=O) groups excluding carboxylic acids is 3. The number of nitrogens with zero attached hydrogens (tertiary/aromatic N) is 2. The van der Waals surface area contributed by atoms with Crippen LogP contribution in [0.25, 0.3) is 0 Å². The lowest BCUT2D eigenvalue weighted by atomic mass is 9.82. The fraction of sp³-hybridized carbons (Fsp3) is 0.391. The predicted octanol–water partition coefficient (Wildman–Crippen LogP) is 2.85. The minimum atomic E-state index is -3.76. The summed E-state index contributed by atoms with van der Waals surface area (Å²) in [5, 5.41) is 5.53. The van der Waals surface area contributed by atoms with Gasteiger partial charge >= 0.3 is 18.3 Å². The summed E-state index contributed by atoms with van der Waals surface area (Å²) in [7, 11) is 1.71. The molecule has 1 aromatic heterocycles. The highest BCUT2D eigenvalue weighted by Crippen LogP contribution is 2.42. The molecule has 2 N–H and O–H groups in total. The Kier molecular flexibility index (Phi) is 6.46. The molecule has 1 saturated heterocycles. The standard InChI is InChI=1S/C23H24F2N4O6/c1-4-33-21(31)19-15(9-13-7-8-27-18(10-13)26-3)20(30)29(19)22(32)28-12(2)14-5-6-16-17(11-14)35-23(24,25)34-16/h5-8,10-12,15,19H,4,9H2,1-3H3,(H,26,27)(H,28,32). The van der Waals surface area contributed by atoms with E-state index >= 15 is 0 Å². The maximum atomic E-state index is 13.3. The fourth-order valence-corrected chi connectivity index (χ4v) is 4.04. The number of halogens is 2. The minimum absolute atomic E-state index is 0.0864. The highest BCUT2D eigenvalue weighted by atomic mass is 19.3. The quantitative estimate of drug-likeness (QED) is 0.449. The van der Waals surface area contributed by atoms with Gasteiger partial charge in [0.15, 0.2) is 17.5 Å². The number of alkyl halides is 2. The van der Waals surface area contributed by atoms with E-state index in [1.165, 1.54) is 18.2 Å². The van der Waals surface area contributed by atoms with E-state index in [9.17, 15) is 23.2 Å². The Morgan fingerprint density at radius 3 is 2.69 bits per heavy atom. The number of rotatable bonds is 7. The molecule has 10 nitrogen and oxygen atoms in total. The summed E-state index contributed by atoms with van der Waals surface area (Å²) in [4.78, 5) is 43.5. The third-order valence-electron chi connectivity index (χ3n) is 5.76. The molecule has 186 valence electrons. The van der Waals surface area contributed by atoms with E-state index in [0.29, 0.717) is 11.4 Å². The molecule has 0 bridgehead atoms. The summed E-state index contributed by atoms with van der Waals surface area (Å²) in [6.45, 7) is 3.32. The highest BCUT2D eigenvalue weighted by Gasteiger charge is 2.55. The Morgan fingerprint density at radius 2 is 1.97 bits per heavy atom. The summed E-state index contributed by atoms with van der Waals surface area (Å²) in [5.74, 6) is -1.69. The molecule has 0 saturated carbocycles. The molecule has 1 aromatic carbocycles. The number of anilines is 1. The van der Waals surface area contributed by atoms with Crippen molar-refractivity contribution in [2.75, 3.05) is 19.0 Å². The van der Waals surface area contributed by atoms with Crippen molar-refractivity contribution in [1.82, 2.24) is 15.2 Å². The third kappa shape index (κ3) is 4.81. The number of urea groups is 1. The molecule has 2 aromatic rings. The van der Waals surface area contributed by atoms with Gasteiger partial charge in [-0.05, 0) is 55.7 Å². The van der Waals surface area contributed by atoms with E-state index in [4.69, 9.17) is 4.74 Å². The summed E-state index contributed by atoms with van der Waals surface area (Å²) in [5.41, 5.74) is 1.20. The molecule has 2 aliphatic heterocycles. The number of amides is 3. The second kappa shape index (κ2) is 9.35. The van der Waals surface area contributed by atoms with Gasteiger partial charge in [-0.3, -0.25) is 4.79 Å². The lowest BCUT2D eigenvalue weighted by molar-refractivity contribution is -0.286. The number of imide groups is 1. The number of carbonyl (C=O) groups is 3. The van der Waals surface area contributed by atoms with Crippen molar-refractivity contribution in [3.05, 3.63) is 47.7 Å². The van der Waals surface area contributed by atoms with Crippen LogP contribution in [0.5, 0.6) is 11.5 Å². The van der Waals surface area contributed by atoms with E-state index < -0.39 is 42.2 Å². The van der Waals surface area contributed by atoms with Crippen molar-refractivity contribution in [2.24, 2.45) is 5.92 Å². The molecule has 12 heteroatoms. The summed E-state index contributed by atoms with van der Waals surface area (Å²) >= 11 is 0. The van der Waals surface area contributed by atoms with Crippen LogP contribution in [0.3, 0.4) is 0 Å². The van der Waals surface area contributed by atoms with E-state index in [-0.39, 0.29) is 24.5 Å². The van der Waals surface area contributed by atoms with Crippen molar-refractivity contribution in [2.45, 2.75) is 38.6 Å². The van der Waals surface area contributed by atoms with Crippen molar-refractivity contribution in [1.29, 1.82) is 0 Å². The molecule has 0 radical (unpaired) electrons. The monoisotopic (exact) mass is 490 g/mol. The molecule has 3 atom stereocenters. The Morgan fingerprint density at radius 1 is 1.23 bits per heavy atom. The predicted molar refractivity (Wildman–Crippen MR) is 118 cm³/mol. The molecule has 3 heterocycles. The molecular weight excluding hydrogens is 466 g/mol. The largest absolute Gasteiger partial charge is 0.586 e. The number of likely N-dealkylation sites (tertiary alicyclic amines) is 1. The Bertz CT molecular complexity index is 1160. The topological polar surface area (TPSA) is 119 Å². The zero-order valence-corrected chi connectivity index (χ0v) is 19.2. The van der Waals surface area contributed by atoms with Crippen LogP contribution in [0.2, 0.25) is 0 Å². The number of nitrogens with one attached hydrogen (secondary N) is 2. The lowest BCUT2D eigenvalue weighted by Crippen LogP contribution is -2.69. The number of benzene rings is 1. The highest BCUT2D eigenvalue weighted by molar-refractivity contribution is 6.08. The van der Waals surface area contributed by atoms with E-state index in [0.717, 1.165) is 10.5 Å². The van der Waals surface area contributed by atoms with Gasteiger partial charge in [0.05, 0.1) is 18.6 Å². The molecule has 0 aliphatic carbocycles. The van der Waals surface area contributed by atoms with Crippen molar-refractivity contribution < 1.29 is 37.4 Å². The molecular formula is C23H24F2N4O6. The van der Waals surface area contributed by atoms with Crippen LogP contribution in [0, 0.1) is 5.92 Å². The first-order chi connectivity index (χ1) is 16.6. The van der Waals surface area contributed by atoms with Crippen molar-refractivity contribution in [3.63, 3.8) is 0 Å². The van der Waals surface area contributed by atoms with E-state index in [1.807, 2.05) is 0 Å². The molecule has 3 amide bonds. The van der Waals surface area contributed by atoms with E-state index in [1.54, 1.807) is 39.2 Å². The number of β-lactam (4-membered cyclic amide) rings is 1. The zero-order chi connectivity index (χ0) is 25.3. The van der Waals surface area contributed by atoms with Gasteiger partial charge in [-0.15, -0.1) is 8.78 Å². The van der Waals surface area contributed by atoms with Gasteiger partial charge in [0.25, 0.3) is 0 Å². The average molecular weight is 490 g/mol. The van der Waals surface area contributed by atoms with Crippen LogP contribution in [-0.4, -0.2) is 53.8 Å². The van der Waals surface area contributed by atoms with Gasteiger partial charge in [0.1, 0.15) is 5.82 Å². The van der Waals surface area contributed by atoms with Crippen LogP contribution in [0.15, 0.2) is 36.5 Å².